The van der Waals surface area contributed by atoms with Crippen LogP contribution >= 0.6 is 0 Å². The Hall–Kier alpha value is -2.21. The summed E-state index contributed by atoms with van der Waals surface area (Å²) in [5, 5.41) is 7.42. The molecule has 2 heterocycles. The van der Waals surface area contributed by atoms with Gasteiger partial charge in [-0.3, -0.25) is 14.4 Å². The molecule has 24 heavy (non-hydrogen) atoms. The first-order chi connectivity index (χ1) is 11.8. The molecule has 126 valence electrons. The lowest BCUT2D eigenvalue weighted by molar-refractivity contribution is -0.127. The van der Waals surface area contributed by atoms with Crippen LogP contribution in [0, 0.1) is 0 Å². The van der Waals surface area contributed by atoms with Gasteiger partial charge < -0.3 is 5.32 Å². The zero-order chi connectivity index (χ0) is 16.4. The van der Waals surface area contributed by atoms with E-state index in [9.17, 15) is 4.79 Å². The van der Waals surface area contributed by atoms with Crippen molar-refractivity contribution in [2.24, 2.45) is 0 Å². The quantitative estimate of drug-likeness (QED) is 0.879. The van der Waals surface area contributed by atoms with Gasteiger partial charge in [0, 0.05) is 12.1 Å². The first kappa shape index (κ1) is 15.3. The van der Waals surface area contributed by atoms with Gasteiger partial charge in [0.15, 0.2) is 0 Å². The van der Waals surface area contributed by atoms with E-state index < -0.39 is 0 Å². The number of carbonyl (C=O) groups is 1. The molecule has 1 aliphatic heterocycles. The van der Waals surface area contributed by atoms with E-state index >= 15 is 0 Å². The SMILES string of the molecule is O=C(NC1CC1)[C@@H](c1ccccc1)N1CCC[C@H]1Cn1cncn1. The molecule has 2 aromatic rings. The van der Waals surface area contributed by atoms with Crippen LogP contribution in [0.5, 0.6) is 0 Å². The van der Waals surface area contributed by atoms with Gasteiger partial charge in [-0.15, -0.1) is 0 Å². The van der Waals surface area contributed by atoms with Crippen LogP contribution < -0.4 is 5.32 Å². The maximum Gasteiger partial charge on any atom is 0.242 e. The highest BCUT2D eigenvalue weighted by Crippen LogP contribution is 2.31. The van der Waals surface area contributed by atoms with Gasteiger partial charge in [-0.1, -0.05) is 30.3 Å². The Morgan fingerprint density at radius 2 is 2.08 bits per heavy atom. The van der Waals surface area contributed by atoms with Crippen LogP contribution in [0.4, 0.5) is 0 Å². The van der Waals surface area contributed by atoms with Crippen molar-refractivity contribution < 1.29 is 4.79 Å². The number of likely N-dealkylation sites (tertiary alicyclic amines) is 1. The molecule has 1 amide bonds. The molecule has 4 rings (SSSR count). The molecule has 1 N–H and O–H groups in total. The number of benzene rings is 1. The van der Waals surface area contributed by atoms with Crippen molar-refractivity contribution in [1.29, 1.82) is 0 Å². The summed E-state index contributed by atoms with van der Waals surface area (Å²) in [6.45, 7) is 1.72. The number of hydrogen-bond acceptors (Lipinski definition) is 4. The molecule has 0 radical (unpaired) electrons. The smallest absolute Gasteiger partial charge is 0.242 e. The zero-order valence-corrected chi connectivity index (χ0v) is 13.7. The fourth-order valence-corrected chi connectivity index (χ4v) is 3.57. The van der Waals surface area contributed by atoms with E-state index in [1.165, 1.54) is 0 Å². The highest BCUT2D eigenvalue weighted by Gasteiger charge is 2.37. The maximum atomic E-state index is 12.9. The van der Waals surface area contributed by atoms with Gasteiger partial charge >= 0.3 is 0 Å². The minimum Gasteiger partial charge on any atom is -0.352 e. The molecule has 0 unspecified atom stereocenters. The van der Waals surface area contributed by atoms with Crippen LogP contribution in [0.1, 0.15) is 37.3 Å². The van der Waals surface area contributed by atoms with Gasteiger partial charge in [-0.25, -0.2) is 4.98 Å². The standard InChI is InChI=1S/C18H23N5O/c24-18(21-15-8-9-15)17(14-5-2-1-3-6-14)23-10-4-7-16(23)11-22-13-19-12-20-22/h1-3,5-6,12-13,15-17H,4,7-11H2,(H,21,24)/t16-,17+/m0/s1. The van der Waals surface area contributed by atoms with Gasteiger partial charge in [0.05, 0.1) is 6.54 Å². The molecule has 6 nitrogen and oxygen atoms in total. The van der Waals surface area contributed by atoms with Crippen molar-refractivity contribution in [3.8, 4) is 0 Å². The topological polar surface area (TPSA) is 63.1 Å². The van der Waals surface area contributed by atoms with Gasteiger partial charge in [-0.05, 0) is 37.8 Å². The van der Waals surface area contributed by atoms with Crippen LogP contribution in [-0.2, 0) is 11.3 Å². The summed E-state index contributed by atoms with van der Waals surface area (Å²) in [6.07, 6.45) is 7.72. The minimum atomic E-state index is -0.220. The monoisotopic (exact) mass is 325 g/mol. The molecule has 6 heteroatoms. The summed E-state index contributed by atoms with van der Waals surface area (Å²) in [4.78, 5) is 19.3. The number of rotatable bonds is 6. The predicted molar refractivity (Wildman–Crippen MR) is 90.1 cm³/mol. The van der Waals surface area contributed by atoms with Crippen molar-refractivity contribution in [2.75, 3.05) is 6.54 Å². The van der Waals surface area contributed by atoms with Crippen molar-refractivity contribution in [3.05, 3.63) is 48.5 Å². The van der Waals surface area contributed by atoms with E-state index in [0.717, 1.165) is 44.3 Å². The summed E-state index contributed by atoms with van der Waals surface area (Å²) >= 11 is 0. The Morgan fingerprint density at radius 1 is 1.25 bits per heavy atom. The molecule has 1 saturated heterocycles. The molecule has 1 aromatic carbocycles. The van der Waals surface area contributed by atoms with Crippen molar-refractivity contribution in [3.63, 3.8) is 0 Å². The van der Waals surface area contributed by atoms with Crippen molar-refractivity contribution in [1.82, 2.24) is 25.0 Å². The largest absolute Gasteiger partial charge is 0.352 e. The normalized spacial score (nSPS) is 22.4. The molecular weight excluding hydrogens is 302 g/mol. The number of nitrogens with one attached hydrogen (secondary N) is 1. The maximum absolute atomic E-state index is 12.9. The van der Waals surface area contributed by atoms with Crippen LogP contribution in [0.3, 0.4) is 0 Å². The second-order valence-corrected chi connectivity index (χ2v) is 6.75. The van der Waals surface area contributed by atoms with Crippen LogP contribution in [0.25, 0.3) is 0 Å². The van der Waals surface area contributed by atoms with E-state index in [-0.39, 0.29) is 11.9 Å². The second kappa shape index (κ2) is 6.73. The van der Waals surface area contributed by atoms with Gasteiger partial charge in [-0.2, -0.15) is 5.10 Å². The molecule has 1 aromatic heterocycles. The molecule has 2 atom stereocenters. The number of hydrogen-bond donors (Lipinski definition) is 1. The fraction of sp³-hybridized carbons (Fsp3) is 0.500. The molecule has 2 fully saturated rings. The molecule has 2 aliphatic rings. The average Bonchev–Trinajstić information content (AvgIpc) is 3.07. The summed E-state index contributed by atoms with van der Waals surface area (Å²) in [6, 6.07) is 10.6. The first-order valence-electron chi connectivity index (χ1n) is 8.75. The Balaban J connectivity index is 1.57. The van der Waals surface area contributed by atoms with Gasteiger partial charge in [0.25, 0.3) is 0 Å². The van der Waals surface area contributed by atoms with Gasteiger partial charge in [0.2, 0.25) is 5.91 Å². The summed E-state index contributed by atoms with van der Waals surface area (Å²) in [7, 11) is 0. The van der Waals surface area contributed by atoms with E-state index in [1.807, 2.05) is 22.9 Å². The first-order valence-corrected chi connectivity index (χ1v) is 8.75. The lowest BCUT2D eigenvalue weighted by atomic mass is 10.0. The zero-order valence-electron chi connectivity index (χ0n) is 13.7. The van der Waals surface area contributed by atoms with Crippen LogP contribution in [0.15, 0.2) is 43.0 Å². The average molecular weight is 325 g/mol. The summed E-state index contributed by atoms with van der Waals surface area (Å²) in [5.74, 6) is 0.134. The Labute approximate surface area is 141 Å². The third-order valence-electron chi connectivity index (χ3n) is 4.91. The van der Waals surface area contributed by atoms with E-state index in [4.69, 9.17) is 0 Å². The van der Waals surface area contributed by atoms with Crippen molar-refractivity contribution in [2.45, 2.75) is 50.4 Å². The summed E-state index contributed by atoms with van der Waals surface area (Å²) < 4.78 is 1.86. The number of nitrogens with zero attached hydrogens (tertiary/aromatic N) is 4. The predicted octanol–water partition coefficient (Wildman–Crippen LogP) is 1.76. The van der Waals surface area contributed by atoms with E-state index in [1.54, 1.807) is 12.7 Å². The second-order valence-electron chi connectivity index (χ2n) is 6.75. The highest BCUT2D eigenvalue weighted by atomic mass is 16.2. The van der Waals surface area contributed by atoms with Crippen LogP contribution in [-0.4, -0.2) is 44.2 Å². The molecule has 1 aliphatic carbocycles. The van der Waals surface area contributed by atoms with Crippen LogP contribution in [0.2, 0.25) is 0 Å². The number of aromatic nitrogens is 3. The third-order valence-corrected chi connectivity index (χ3v) is 4.91. The third kappa shape index (κ3) is 3.33. The number of carbonyl (C=O) groups excluding carboxylic acids is 1. The Kier molecular flexibility index (Phi) is 4.30. The lowest BCUT2D eigenvalue weighted by Crippen LogP contribution is -2.44. The van der Waals surface area contributed by atoms with E-state index in [0.29, 0.717) is 12.1 Å². The lowest BCUT2D eigenvalue weighted by Gasteiger charge is -2.32. The fourth-order valence-electron chi connectivity index (χ4n) is 3.57. The summed E-state index contributed by atoms with van der Waals surface area (Å²) in [5.41, 5.74) is 1.07. The van der Waals surface area contributed by atoms with E-state index in [2.05, 4.69) is 32.4 Å². The molecule has 0 spiro atoms. The highest BCUT2D eigenvalue weighted by molar-refractivity contribution is 5.83. The molecule has 1 saturated carbocycles. The van der Waals surface area contributed by atoms with Gasteiger partial charge in [0.1, 0.15) is 18.7 Å². The number of amides is 1. The van der Waals surface area contributed by atoms with Crippen molar-refractivity contribution >= 4 is 5.91 Å². The Morgan fingerprint density at radius 3 is 2.79 bits per heavy atom. The molecule has 0 bridgehead atoms. The molecular formula is C18H23N5O. The Bertz CT molecular complexity index is 668. The minimum absolute atomic E-state index is 0.134.